The van der Waals surface area contributed by atoms with Crippen LogP contribution >= 0.6 is 11.3 Å². The molecule has 3 heterocycles. The predicted molar refractivity (Wildman–Crippen MR) is 123 cm³/mol. The predicted octanol–water partition coefficient (Wildman–Crippen LogP) is 5.32. The molecule has 0 aliphatic carbocycles. The summed E-state index contributed by atoms with van der Waals surface area (Å²) in [6.07, 6.45) is 1.70. The maximum Gasteiger partial charge on any atom is 0.256 e. The Hall–Kier alpha value is -3.39. The van der Waals surface area contributed by atoms with Gasteiger partial charge in [-0.1, -0.05) is 0 Å². The van der Waals surface area contributed by atoms with Crippen LogP contribution in [0.2, 0.25) is 0 Å². The van der Waals surface area contributed by atoms with E-state index in [-0.39, 0.29) is 11.9 Å². The molecule has 3 aromatic heterocycles. The van der Waals surface area contributed by atoms with E-state index in [1.165, 1.54) is 4.88 Å². The zero-order valence-corrected chi connectivity index (χ0v) is 18.9. The third-order valence-electron chi connectivity index (χ3n) is 4.95. The van der Waals surface area contributed by atoms with Gasteiger partial charge < -0.3 is 14.8 Å². The van der Waals surface area contributed by atoms with Crippen LogP contribution in [0.3, 0.4) is 0 Å². The minimum Gasteiger partial charge on any atom is -0.497 e. The van der Waals surface area contributed by atoms with Crippen molar-refractivity contribution in [3.8, 4) is 22.1 Å². The van der Waals surface area contributed by atoms with Crippen molar-refractivity contribution >= 4 is 34.0 Å². The molecule has 0 aliphatic rings. The van der Waals surface area contributed by atoms with E-state index in [0.29, 0.717) is 33.8 Å². The lowest BCUT2D eigenvalue weighted by Gasteiger charge is -2.13. The second-order valence-corrected chi connectivity index (χ2v) is 8.69. The molecular weight excluding hydrogens is 412 g/mol. The normalized spacial score (nSPS) is 11.2. The number of nitrogens with zero attached hydrogens (tertiary/aromatic N) is 3. The van der Waals surface area contributed by atoms with Gasteiger partial charge in [0.25, 0.3) is 5.91 Å². The van der Waals surface area contributed by atoms with Crippen LogP contribution in [0.4, 0.5) is 5.69 Å². The number of aryl methyl sites for hydroxylation is 1. The quantitative estimate of drug-likeness (QED) is 0.443. The Morgan fingerprint density at radius 1 is 1.13 bits per heavy atom. The number of aromatic nitrogens is 3. The number of carbonyl (C=O) groups excluding carboxylic acids is 1. The van der Waals surface area contributed by atoms with Gasteiger partial charge in [0.2, 0.25) is 0 Å². The average molecular weight is 437 g/mol. The molecule has 8 heteroatoms. The van der Waals surface area contributed by atoms with Gasteiger partial charge in [0.15, 0.2) is 5.65 Å². The highest BCUT2D eigenvalue weighted by atomic mass is 32.1. The van der Waals surface area contributed by atoms with Gasteiger partial charge in [-0.05, 0) is 51.1 Å². The summed E-state index contributed by atoms with van der Waals surface area (Å²) in [7, 11) is 3.14. The monoisotopic (exact) mass is 436 g/mol. The summed E-state index contributed by atoms with van der Waals surface area (Å²) in [4.78, 5) is 20.4. The lowest BCUT2D eigenvalue weighted by atomic mass is 10.1. The summed E-state index contributed by atoms with van der Waals surface area (Å²) in [5.74, 6) is 0.911. The zero-order valence-electron chi connectivity index (χ0n) is 18.1. The molecule has 1 aromatic carbocycles. The minimum atomic E-state index is -0.256. The van der Waals surface area contributed by atoms with Crippen LogP contribution in [-0.4, -0.2) is 34.9 Å². The van der Waals surface area contributed by atoms with Crippen molar-refractivity contribution in [2.45, 2.75) is 26.8 Å². The van der Waals surface area contributed by atoms with Gasteiger partial charge in [0.1, 0.15) is 11.5 Å². The molecule has 160 valence electrons. The number of thiophene rings is 1. The van der Waals surface area contributed by atoms with Crippen LogP contribution in [0.25, 0.3) is 21.6 Å². The number of ether oxygens (including phenoxy) is 2. The molecule has 0 fully saturated rings. The molecule has 1 amide bonds. The Labute approximate surface area is 184 Å². The van der Waals surface area contributed by atoms with Gasteiger partial charge in [-0.15, -0.1) is 11.3 Å². The van der Waals surface area contributed by atoms with Crippen molar-refractivity contribution in [3.05, 3.63) is 53.0 Å². The van der Waals surface area contributed by atoms with E-state index < -0.39 is 0 Å². The van der Waals surface area contributed by atoms with E-state index in [1.54, 1.807) is 50.0 Å². The molecule has 31 heavy (non-hydrogen) atoms. The number of rotatable bonds is 6. The summed E-state index contributed by atoms with van der Waals surface area (Å²) in [5, 5.41) is 8.14. The summed E-state index contributed by atoms with van der Waals surface area (Å²) >= 11 is 1.64. The van der Waals surface area contributed by atoms with Crippen LogP contribution in [0, 0.1) is 6.92 Å². The van der Waals surface area contributed by atoms with Crippen molar-refractivity contribution in [1.29, 1.82) is 0 Å². The number of hydrogen-bond donors (Lipinski definition) is 1. The minimum absolute atomic E-state index is 0.114. The molecule has 0 unspecified atom stereocenters. The number of amides is 1. The molecular formula is C23H24N4O3S. The highest BCUT2D eigenvalue weighted by Crippen LogP contribution is 2.33. The van der Waals surface area contributed by atoms with Crippen molar-refractivity contribution in [1.82, 2.24) is 14.8 Å². The topological polar surface area (TPSA) is 78.3 Å². The maximum atomic E-state index is 13.4. The van der Waals surface area contributed by atoms with Crippen molar-refractivity contribution < 1.29 is 14.3 Å². The molecule has 0 spiro atoms. The van der Waals surface area contributed by atoms with Crippen LogP contribution in [0.1, 0.15) is 35.1 Å². The van der Waals surface area contributed by atoms with E-state index in [9.17, 15) is 4.79 Å². The number of carbonyl (C=O) groups is 1. The van der Waals surface area contributed by atoms with E-state index in [2.05, 4.69) is 17.3 Å². The highest BCUT2D eigenvalue weighted by Gasteiger charge is 2.20. The van der Waals surface area contributed by atoms with Crippen molar-refractivity contribution in [2.75, 3.05) is 19.5 Å². The number of hydrogen-bond acceptors (Lipinski definition) is 6. The van der Waals surface area contributed by atoms with Crippen LogP contribution < -0.4 is 14.8 Å². The molecule has 0 saturated carbocycles. The number of benzene rings is 1. The lowest BCUT2D eigenvalue weighted by molar-refractivity contribution is 0.102. The number of pyridine rings is 1. The summed E-state index contributed by atoms with van der Waals surface area (Å²) in [5.41, 5.74) is 2.50. The first-order valence-corrected chi connectivity index (χ1v) is 10.7. The van der Waals surface area contributed by atoms with E-state index in [0.717, 1.165) is 10.6 Å². The fourth-order valence-electron chi connectivity index (χ4n) is 3.37. The molecule has 0 radical (unpaired) electrons. The van der Waals surface area contributed by atoms with Crippen molar-refractivity contribution in [2.24, 2.45) is 0 Å². The summed E-state index contributed by atoms with van der Waals surface area (Å²) in [6.45, 7) is 6.13. The number of fused-ring (bicyclic) bond motifs is 1. The number of methoxy groups -OCH3 is 2. The van der Waals surface area contributed by atoms with E-state index in [4.69, 9.17) is 14.5 Å². The van der Waals surface area contributed by atoms with Gasteiger partial charge in [-0.3, -0.25) is 4.79 Å². The molecule has 1 N–H and O–H groups in total. The number of anilines is 1. The van der Waals surface area contributed by atoms with Gasteiger partial charge in [-0.25, -0.2) is 9.67 Å². The first kappa shape index (κ1) is 20.9. The molecule has 0 aliphatic heterocycles. The van der Waals surface area contributed by atoms with Crippen LogP contribution in [-0.2, 0) is 0 Å². The second-order valence-electron chi connectivity index (χ2n) is 7.41. The van der Waals surface area contributed by atoms with Gasteiger partial charge >= 0.3 is 0 Å². The molecule has 7 nitrogen and oxygen atoms in total. The molecule has 0 saturated heterocycles. The lowest BCUT2D eigenvalue weighted by Crippen LogP contribution is -2.14. The first-order chi connectivity index (χ1) is 14.9. The van der Waals surface area contributed by atoms with Crippen molar-refractivity contribution in [3.63, 3.8) is 0 Å². The van der Waals surface area contributed by atoms with E-state index >= 15 is 0 Å². The van der Waals surface area contributed by atoms with E-state index in [1.807, 2.05) is 36.7 Å². The smallest absolute Gasteiger partial charge is 0.256 e. The fraction of sp³-hybridized carbons (Fsp3) is 0.261. The molecule has 4 aromatic rings. The third kappa shape index (κ3) is 3.98. The molecule has 4 rings (SSSR count). The second kappa shape index (κ2) is 8.39. The van der Waals surface area contributed by atoms with Crippen LogP contribution in [0.5, 0.6) is 11.5 Å². The van der Waals surface area contributed by atoms with Gasteiger partial charge in [0.05, 0.1) is 47.6 Å². The van der Waals surface area contributed by atoms with Gasteiger partial charge in [-0.2, -0.15) is 5.10 Å². The average Bonchev–Trinajstić information content (AvgIpc) is 3.39. The molecule has 0 bridgehead atoms. The first-order valence-electron chi connectivity index (χ1n) is 9.89. The number of nitrogens with one attached hydrogen (secondary N) is 1. The zero-order chi connectivity index (χ0) is 22.1. The third-order valence-corrected chi connectivity index (χ3v) is 5.97. The van der Waals surface area contributed by atoms with Crippen LogP contribution in [0.15, 0.2) is 42.6 Å². The fourth-order valence-corrected chi connectivity index (χ4v) is 4.20. The van der Waals surface area contributed by atoms with Gasteiger partial charge in [0, 0.05) is 17.0 Å². The Balaban J connectivity index is 1.81. The summed E-state index contributed by atoms with van der Waals surface area (Å²) < 4.78 is 12.5. The summed E-state index contributed by atoms with van der Waals surface area (Å²) in [6, 6.07) is 11.3. The highest BCUT2D eigenvalue weighted by molar-refractivity contribution is 7.15. The largest absolute Gasteiger partial charge is 0.497 e. The standard InChI is InChI=1S/C23H24N4O3S/c1-13(2)27-22-17(12-24-27)16(11-19(25-22)21-9-6-14(3)31-21)23(28)26-18-8-7-15(29-4)10-20(18)30-5/h6-13H,1-5H3,(H,26,28). The Bertz CT molecular complexity index is 1260. The SMILES string of the molecule is COc1ccc(NC(=O)c2cc(-c3ccc(C)s3)nc3c2cnn3C(C)C)c(OC)c1. The Morgan fingerprint density at radius 3 is 2.58 bits per heavy atom. The molecule has 0 atom stereocenters. The Morgan fingerprint density at radius 2 is 1.94 bits per heavy atom. The maximum absolute atomic E-state index is 13.4. The Kier molecular flexibility index (Phi) is 5.65.